The van der Waals surface area contributed by atoms with E-state index in [-0.39, 0.29) is 11.8 Å². The van der Waals surface area contributed by atoms with E-state index in [2.05, 4.69) is 4.98 Å². The highest BCUT2D eigenvalue weighted by Gasteiger charge is 2.14. The standard InChI is InChI=1S/C15H23N3O2/c1-4-17(5-2)15(20)8-10-18(13(3)19)12-14-7-6-9-16-11-14/h6-7,9,11H,4-5,8,10,12H2,1-3H3. The predicted molar refractivity (Wildman–Crippen MR) is 77.9 cm³/mol. The number of hydrogen-bond acceptors (Lipinski definition) is 3. The van der Waals surface area contributed by atoms with E-state index in [4.69, 9.17) is 0 Å². The molecule has 0 fully saturated rings. The number of hydrogen-bond donors (Lipinski definition) is 0. The maximum absolute atomic E-state index is 12.0. The zero-order chi connectivity index (χ0) is 15.0. The van der Waals surface area contributed by atoms with Crippen LogP contribution in [0.25, 0.3) is 0 Å². The van der Waals surface area contributed by atoms with Crippen molar-refractivity contribution < 1.29 is 9.59 Å². The minimum absolute atomic E-state index is 0.0267. The van der Waals surface area contributed by atoms with Crippen LogP contribution in [0.15, 0.2) is 24.5 Å². The van der Waals surface area contributed by atoms with Crippen molar-refractivity contribution in [2.45, 2.75) is 33.7 Å². The van der Waals surface area contributed by atoms with Gasteiger partial charge in [-0.2, -0.15) is 0 Å². The Morgan fingerprint density at radius 2 is 1.90 bits per heavy atom. The molecule has 5 nitrogen and oxygen atoms in total. The van der Waals surface area contributed by atoms with Crippen LogP contribution in [0.5, 0.6) is 0 Å². The zero-order valence-corrected chi connectivity index (χ0v) is 12.5. The number of rotatable bonds is 7. The Labute approximate surface area is 120 Å². The Balaban J connectivity index is 2.56. The molecule has 0 unspecified atom stereocenters. The number of carbonyl (C=O) groups is 2. The van der Waals surface area contributed by atoms with Crippen LogP contribution in [0.1, 0.15) is 32.8 Å². The Morgan fingerprint density at radius 1 is 1.20 bits per heavy atom. The van der Waals surface area contributed by atoms with Crippen LogP contribution in [-0.4, -0.2) is 46.2 Å². The molecule has 1 heterocycles. The van der Waals surface area contributed by atoms with Gasteiger partial charge in [-0.05, 0) is 25.5 Å². The van der Waals surface area contributed by atoms with Gasteiger partial charge in [0, 0.05) is 51.9 Å². The fourth-order valence-electron chi connectivity index (χ4n) is 2.02. The number of aromatic nitrogens is 1. The molecule has 110 valence electrons. The molecule has 0 aliphatic carbocycles. The van der Waals surface area contributed by atoms with E-state index in [1.165, 1.54) is 6.92 Å². The molecule has 1 rings (SSSR count). The fraction of sp³-hybridized carbons (Fsp3) is 0.533. The van der Waals surface area contributed by atoms with Crippen molar-refractivity contribution in [2.75, 3.05) is 19.6 Å². The van der Waals surface area contributed by atoms with Crippen molar-refractivity contribution in [2.24, 2.45) is 0 Å². The van der Waals surface area contributed by atoms with Crippen LogP contribution in [0.2, 0.25) is 0 Å². The number of amides is 2. The van der Waals surface area contributed by atoms with Crippen molar-refractivity contribution in [3.63, 3.8) is 0 Å². The Kier molecular flexibility index (Phi) is 6.70. The van der Waals surface area contributed by atoms with Gasteiger partial charge < -0.3 is 9.80 Å². The second-order valence-electron chi connectivity index (χ2n) is 4.62. The van der Waals surface area contributed by atoms with Gasteiger partial charge in [0.1, 0.15) is 0 Å². The SMILES string of the molecule is CCN(CC)C(=O)CCN(Cc1cccnc1)C(C)=O. The molecule has 0 atom stereocenters. The smallest absolute Gasteiger partial charge is 0.224 e. The summed E-state index contributed by atoms with van der Waals surface area (Å²) in [5, 5.41) is 0. The summed E-state index contributed by atoms with van der Waals surface area (Å²) >= 11 is 0. The van der Waals surface area contributed by atoms with E-state index in [0.29, 0.717) is 32.6 Å². The molecule has 0 N–H and O–H groups in total. The third-order valence-corrected chi connectivity index (χ3v) is 3.25. The molecule has 0 saturated heterocycles. The van der Waals surface area contributed by atoms with Crippen LogP contribution in [0, 0.1) is 0 Å². The highest BCUT2D eigenvalue weighted by Crippen LogP contribution is 2.05. The fourth-order valence-corrected chi connectivity index (χ4v) is 2.02. The van der Waals surface area contributed by atoms with Crippen LogP contribution < -0.4 is 0 Å². The van der Waals surface area contributed by atoms with Gasteiger partial charge in [0.25, 0.3) is 0 Å². The number of nitrogens with zero attached hydrogens (tertiary/aromatic N) is 3. The van der Waals surface area contributed by atoms with Crippen molar-refractivity contribution in [1.82, 2.24) is 14.8 Å². The van der Waals surface area contributed by atoms with Crippen LogP contribution >= 0.6 is 0 Å². The van der Waals surface area contributed by atoms with E-state index in [0.717, 1.165) is 5.56 Å². The first-order chi connectivity index (χ1) is 9.58. The normalized spacial score (nSPS) is 10.2. The molecule has 2 amide bonds. The molecular weight excluding hydrogens is 254 g/mol. The van der Waals surface area contributed by atoms with Gasteiger partial charge in [0.05, 0.1) is 0 Å². The quantitative estimate of drug-likeness (QED) is 0.762. The van der Waals surface area contributed by atoms with Gasteiger partial charge >= 0.3 is 0 Å². The summed E-state index contributed by atoms with van der Waals surface area (Å²) in [5.74, 6) is 0.0636. The molecule has 0 spiro atoms. The average Bonchev–Trinajstić information content (AvgIpc) is 2.45. The number of pyridine rings is 1. The lowest BCUT2D eigenvalue weighted by atomic mass is 10.2. The van der Waals surface area contributed by atoms with Crippen LogP contribution in [0.3, 0.4) is 0 Å². The second-order valence-corrected chi connectivity index (χ2v) is 4.62. The predicted octanol–water partition coefficient (Wildman–Crippen LogP) is 1.69. The van der Waals surface area contributed by atoms with Gasteiger partial charge in [-0.15, -0.1) is 0 Å². The summed E-state index contributed by atoms with van der Waals surface area (Å²) in [4.78, 5) is 31.1. The first-order valence-corrected chi connectivity index (χ1v) is 7.00. The zero-order valence-electron chi connectivity index (χ0n) is 12.5. The molecule has 5 heteroatoms. The average molecular weight is 277 g/mol. The topological polar surface area (TPSA) is 53.5 Å². The summed E-state index contributed by atoms with van der Waals surface area (Å²) in [7, 11) is 0. The van der Waals surface area contributed by atoms with E-state index >= 15 is 0 Å². The highest BCUT2D eigenvalue weighted by atomic mass is 16.2. The maximum atomic E-state index is 12.0. The van der Waals surface area contributed by atoms with Crippen LogP contribution in [-0.2, 0) is 16.1 Å². The molecule has 0 radical (unpaired) electrons. The van der Waals surface area contributed by atoms with Gasteiger partial charge in [-0.25, -0.2) is 0 Å². The molecule has 0 aromatic carbocycles. The number of carbonyl (C=O) groups excluding carboxylic acids is 2. The summed E-state index contributed by atoms with van der Waals surface area (Å²) < 4.78 is 0. The summed E-state index contributed by atoms with van der Waals surface area (Å²) in [6.07, 6.45) is 3.80. The van der Waals surface area contributed by atoms with Crippen molar-refractivity contribution >= 4 is 11.8 Å². The maximum Gasteiger partial charge on any atom is 0.224 e. The van der Waals surface area contributed by atoms with Gasteiger partial charge in [-0.3, -0.25) is 14.6 Å². The van der Waals surface area contributed by atoms with Gasteiger partial charge in [-0.1, -0.05) is 6.07 Å². The van der Waals surface area contributed by atoms with Gasteiger partial charge in [0.15, 0.2) is 0 Å². The Morgan fingerprint density at radius 3 is 2.40 bits per heavy atom. The molecule has 1 aromatic rings. The lowest BCUT2D eigenvalue weighted by Gasteiger charge is -2.23. The molecule has 1 aromatic heterocycles. The minimum Gasteiger partial charge on any atom is -0.343 e. The van der Waals surface area contributed by atoms with E-state index in [9.17, 15) is 9.59 Å². The molecule has 0 saturated carbocycles. The molecule has 0 aliphatic rings. The summed E-state index contributed by atoms with van der Waals surface area (Å²) in [6, 6.07) is 3.77. The van der Waals surface area contributed by atoms with Crippen molar-refractivity contribution in [1.29, 1.82) is 0 Å². The first kappa shape index (κ1) is 16.1. The minimum atomic E-state index is -0.0267. The Hall–Kier alpha value is -1.91. The monoisotopic (exact) mass is 277 g/mol. The van der Waals surface area contributed by atoms with Crippen molar-refractivity contribution in [3.8, 4) is 0 Å². The highest BCUT2D eigenvalue weighted by molar-refractivity contribution is 5.78. The third kappa shape index (κ3) is 4.99. The third-order valence-electron chi connectivity index (χ3n) is 3.25. The van der Waals surface area contributed by atoms with E-state index < -0.39 is 0 Å². The lowest BCUT2D eigenvalue weighted by molar-refractivity contribution is -0.133. The van der Waals surface area contributed by atoms with Crippen molar-refractivity contribution in [3.05, 3.63) is 30.1 Å². The van der Waals surface area contributed by atoms with E-state index in [1.807, 2.05) is 26.0 Å². The first-order valence-electron chi connectivity index (χ1n) is 7.00. The lowest BCUT2D eigenvalue weighted by Crippen LogP contribution is -2.36. The molecule has 0 bridgehead atoms. The second kappa shape index (κ2) is 8.30. The van der Waals surface area contributed by atoms with E-state index in [1.54, 1.807) is 22.2 Å². The Bertz CT molecular complexity index is 430. The van der Waals surface area contributed by atoms with Gasteiger partial charge in [0.2, 0.25) is 11.8 Å². The molecular formula is C15H23N3O2. The summed E-state index contributed by atoms with van der Waals surface area (Å²) in [5.41, 5.74) is 0.970. The molecule has 20 heavy (non-hydrogen) atoms. The molecule has 0 aliphatic heterocycles. The largest absolute Gasteiger partial charge is 0.343 e. The van der Waals surface area contributed by atoms with Crippen LogP contribution in [0.4, 0.5) is 0 Å². The summed E-state index contributed by atoms with van der Waals surface area (Å²) in [6.45, 7) is 7.79.